The molecule has 1 saturated heterocycles. The zero-order valence-electron chi connectivity index (χ0n) is 13.1. The van der Waals surface area contributed by atoms with Crippen molar-refractivity contribution >= 4 is 38.5 Å². The van der Waals surface area contributed by atoms with E-state index in [0.717, 1.165) is 22.0 Å². The SMILES string of the molecule is CC(C)(C)OC(N)=O.N#Cc1nc(N2CCCCC2)sc1Br. The molecule has 1 amide bonds. The molecular weight excluding hydrogens is 368 g/mol. The quantitative estimate of drug-likeness (QED) is 0.792. The lowest BCUT2D eigenvalue weighted by Crippen LogP contribution is -2.29. The van der Waals surface area contributed by atoms with Crippen LogP contribution in [0.15, 0.2) is 3.79 Å². The van der Waals surface area contributed by atoms with E-state index in [4.69, 9.17) is 11.0 Å². The molecule has 22 heavy (non-hydrogen) atoms. The number of carbonyl (C=O) groups excluding carboxylic acids is 1. The van der Waals surface area contributed by atoms with Gasteiger partial charge in [-0.05, 0) is 56.0 Å². The van der Waals surface area contributed by atoms with Crippen molar-refractivity contribution in [2.75, 3.05) is 18.0 Å². The number of piperidine rings is 1. The lowest BCUT2D eigenvalue weighted by molar-refractivity contribution is 0.0600. The number of aromatic nitrogens is 1. The van der Waals surface area contributed by atoms with E-state index in [1.807, 2.05) is 0 Å². The van der Waals surface area contributed by atoms with Crippen molar-refractivity contribution in [3.05, 3.63) is 9.48 Å². The molecule has 0 radical (unpaired) electrons. The van der Waals surface area contributed by atoms with E-state index in [2.05, 4.69) is 36.6 Å². The summed E-state index contributed by atoms with van der Waals surface area (Å²) in [5.74, 6) is 0. The molecule has 1 aliphatic rings. The molecule has 0 saturated carbocycles. The van der Waals surface area contributed by atoms with E-state index in [0.29, 0.717) is 5.69 Å². The highest BCUT2D eigenvalue weighted by Gasteiger charge is 2.16. The zero-order chi connectivity index (χ0) is 16.8. The Kier molecular flexibility index (Phi) is 7.10. The summed E-state index contributed by atoms with van der Waals surface area (Å²) in [7, 11) is 0. The van der Waals surface area contributed by atoms with Crippen LogP contribution in [0, 0.1) is 11.3 Å². The smallest absolute Gasteiger partial charge is 0.405 e. The maximum atomic E-state index is 10.0. The van der Waals surface area contributed by atoms with Crippen LogP contribution in [0.4, 0.5) is 9.93 Å². The molecular formula is C14H21BrN4O2S. The standard InChI is InChI=1S/C9H10BrN3S.C5H11NO2/c10-8-7(6-11)12-9(14-8)13-4-2-1-3-5-13;1-5(2,3)8-4(6)7/h1-5H2;1-3H3,(H2,6,7). The molecule has 0 spiro atoms. The number of hydrogen-bond donors (Lipinski definition) is 1. The van der Waals surface area contributed by atoms with Crippen molar-refractivity contribution in [3.8, 4) is 6.07 Å². The lowest BCUT2D eigenvalue weighted by atomic mass is 10.1. The van der Waals surface area contributed by atoms with E-state index < -0.39 is 11.7 Å². The largest absolute Gasteiger partial charge is 0.444 e. The summed E-state index contributed by atoms with van der Waals surface area (Å²) < 4.78 is 5.42. The van der Waals surface area contributed by atoms with Crippen molar-refractivity contribution in [2.45, 2.75) is 45.6 Å². The summed E-state index contributed by atoms with van der Waals surface area (Å²) in [6.07, 6.45) is 3.06. The third-order valence-corrected chi connectivity index (χ3v) is 4.48. The second kappa shape index (κ2) is 8.34. The molecule has 0 atom stereocenters. The van der Waals surface area contributed by atoms with Gasteiger partial charge in [-0.3, -0.25) is 0 Å². The Morgan fingerprint density at radius 3 is 2.36 bits per heavy atom. The van der Waals surface area contributed by atoms with E-state index in [1.165, 1.54) is 19.3 Å². The number of rotatable bonds is 1. The van der Waals surface area contributed by atoms with Crippen molar-refractivity contribution in [1.82, 2.24) is 4.98 Å². The fraction of sp³-hybridized carbons (Fsp3) is 0.643. The predicted molar refractivity (Wildman–Crippen MR) is 91.0 cm³/mol. The highest BCUT2D eigenvalue weighted by molar-refractivity contribution is 9.11. The van der Waals surface area contributed by atoms with E-state index >= 15 is 0 Å². The van der Waals surface area contributed by atoms with Gasteiger partial charge in [0.1, 0.15) is 15.5 Å². The molecule has 122 valence electrons. The Hall–Kier alpha value is -1.33. The molecule has 2 N–H and O–H groups in total. The zero-order valence-corrected chi connectivity index (χ0v) is 15.5. The molecule has 0 aromatic carbocycles. The number of carbonyl (C=O) groups is 1. The number of nitriles is 1. The Balaban J connectivity index is 0.000000261. The van der Waals surface area contributed by atoms with Crippen LogP contribution < -0.4 is 10.6 Å². The van der Waals surface area contributed by atoms with Crippen molar-refractivity contribution in [3.63, 3.8) is 0 Å². The Morgan fingerprint density at radius 2 is 2.00 bits per heavy atom. The van der Waals surface area contributed by atoms with Gasteiger partial charge in [0, 0.05) is 13.1 Å². The second-order valence-corrected chi connectivity index (χ2v) is 8.11. The van der Waals surface area contributed by atoms with Crippen LogP contribution in [-0.4, -0.2) is 29.8 Å². The summed E-state index contributed by atoms with van der Waals surface area (Å²) in [4.78, 5) is 16.6. The Morgan fingerprint density at radius 1 is 1.41 bits per heavy atom. The monoisotopic (exact) mass is 388 g/mol. The van der Waals surface area contributed by atoms with Crippen molar-refractivity contribution in [1.29, 1.82) is 5.26 Å². The fourth-order valence-corrected chi connectivity index (χ4v) is 3.29. The Bertz CT molecular complexity index is 542. The van der Waals surface area contributed by atoms with Gasteiger partial charge < -0.3 is 15.4 Å². The van der Waals surface area contributed by atoms with Crippen LogP contribution in [0.2, 0.25) is 0 Å². The molecule has 2 heterocycles. The topological polar surface area (TPSA) is 92.2 Å². The first-order chi connectivity index (χ1) is 10.2. The minimum atomic E-state index is -0.725. The van der Waals surface area contributed by atoms with Crippen LogP contribution in [-0.2, 0) is 4.74 Å². The van der Waals surface area contributed by atoms with Crippen LogP contribution in [0.5, 0.6) is 0 Å². The molecule has 0 unspecified atom stereocenters. The third-order valence-electron chi connectivity index (χ3n) is 2.71. The van der Waals surface area contributed by atoms with Crippen LogP contribution in [0.25, 0.3) is 0 Å². The van der Waals surface area contributed by atoms with Gasteiger partial charge >= 0.3 is 6.09 Å². The van der Waals surface area contributed by atoms with E-state index in [9.17, 15) is 4.79 Å². The number of nitrogens with zero attached hydrogens (tertiary/aromatic N) is 3. The summed E-state index contributed by atoms with van der Waals surface area (Å²) in [5, 5.41) is 9.76. The highest BCUT2D eigenvalue weighted by atomic mass is 79.9. The van der Waals surface area contributed by atoms with Crippen molar-refractivity contribution in [2.24, 2.45) is 5.73 Å². The maximum absolute atomic E-state index is 10.0. The van der Waals surface area contributed by atoms with Crippen molar-refractivity contribution < 1.29 is 9.53 Å². The number of thiazole rings is 1. The number of anilines is 1. The summed E-state index contributed by atoms with van der Waals surface area (Å²) in [5.41, 5.74) is 4.77. The Labute approximate surface area is 143 Å². The summed E-state index contributed by atoms with van der Waals surface area (Å²) in [6.45, 7) is 7.43. The molecule has 0 aliphatic carbocycles. The number of halogens is 1. The molecule has 1 fully saturated rings. The average molecular weight is 389 g/mol. The minimum Gasteiger partial charge on any atom is -0.444 e. The number of primary amides is 1. The van der Waals surface area contributed by atoms with Gasteiger partial charge in [0.15, 0.2) is 10.8 Å². The minimum absolute atomic E-state index is 0.453. The van der Waals surface area contributed by atoms with Crippen LogP contribution >= 0.6 is 27.3 Å². The van der Waals surface area contributed by atoms with Gasteiger partial charge in [0.05, 0.1) is 0 Å². The molecule has 0 bridgehead atoms. The van der Waals surface area contributed by atoms with Gasteiger partial charge in [0.25, 0.3) is 0 Å². The summed E-state index contributed by atoms with van der Waals surface area (Å²) in [6, 6.07) is 2.08. The second-order valence-electron chi connectivity index (χ2n) is 5.81. The lowest BCUT2D eigenvalue weighted by Gasteiger charge is -2.25. The number of amides is 1. The van der Waals surface area contributed by atoms with Crippen LogP contribution in [0.3, 0.4) is 0 Å². The molecule has 6 nitrogen and oxygen atoms in total. The number of nitrogens with two attached hydrogens (primary N) is 1. The average Bonchev–Trinajstić information content (AvgIpc) is 2.79. The molecule has 8 heteroatoms. The number of hydrogen-bond acceptors (Lipinski definition) is 6. The molecule has 1 aliphatic heterocycles. The molecule has 2 rings (SSSR count). The van der Waals surface area contributed by atoms with Gasteiger partial charge in [-0.1, -0.05) is 11.3 Å². The van der Waals surface area contributed by atoms with E-state index in [-0.39, 0.29) is 0 Å². The predicted octanol–water partition coefficient (Wildman–Crippen LogP) is 3.65. The first-order valence-electron chi connectivity index (χ1n) is 7.03. The first-order valence-corrected chi connectivity index (χ1v) is 8.63. The van der Waals surface area contributed by atoms with Crippen LogP contribution in [0.1, 0.15) is 45.7 Å². The number of ether oxygens (including phenoxy) is 1. The van der Waals surface area contributed by atoms with Gasteiger partial charge in [-0.15, -0.1) is 0 Å². The molecule has 1 aromatic rings. The van der Waals surface area contributed by atoms with Gasteiger partial charge in [-0.25, -0.2) is 9.78 Å². The van der Waals surface area contributed by atoms with E-state index in [1.54, 1.807) is 32.1 Å². The third kappa shape index (κ3) is 6.62. The summed E-state index contributed by atoms with van der Waals surface area (Å²) >= 11 is 4.91. The maximum Gasteiger partial charge on any atom is 0.405 e. The fourth-order valence-electron chi connectivity index (χ4n) is 1.88. The van der Waals surface area contributed by atoms with Gasteiger partial charge in [-0.2, -0.15) is 5.26 Å². The normalized spacial score (nSPS) is 14.6. The molecule has 1 aromatic heterocycles. The highest BCUT2D eigenvalue weighted by Crippen LogP contribution is 2.31. The van der Waals surface area contributed by atoms with Gasteiger partial charge in [0.2, 0.25) is 0 Å². The first kappa shape index (κ1) is 18.7.